The molecule has 0 saturated heterocycles. The lowest BCUT2D eigenvalue weighted by Gasteiger charge is -2.22. The SMILES string of the molecule is CCOc1ccc(C(CN)NC(C)CCCO)cc1. The first-order valence-electron chi connectivity index (χ1n) is 7.01. The lowest BCUT2D eigenvalue weighted by atomic mass is 10.0. The van der Waals surface area contributed by atoms with E-state index in [1.165, 1.54) is 5.56 Å². The monoisotopic (exact) mass is 266 g/mol. The van der Waals surface area contributed by atoms with Gasteiger partial charge in [-0.3, -0.25) is 0 Å². The zero-order valence-electron chi connectivity index (χ0n) is 11.9. The first kappa shape index (κ1) is 16.0. The summed E-state index contributed by atoms with van der Waals surface area (Å²) in [7, 11) is 0. The summed E-state index contributed by atoms with van der Waals surface area (Å²) >= 11 is 0. The van der Waals surface area contributed by atoms with E-state index in [0.29, 0.717) is 19.2 Å². The van der Waals surface area contributed by atoms with Crippen LogP contribution in [0.25, 0.3) is 0 Å². The van der Waals surface area contributed by atoms with E-state index in [-0.39, 0.29) is 12.6 Å². The molecule has 0 heterocycles. The Morgan fingerprint density at radius 1 is 1.32 bits per heavy atom. The van der Waals surface area contributed by atoms with Gasteiger partial charge in [-0.25, -0.2) is 0 Å². The van der Waals surface area contributed by atoms with Crippen molar-refractivity contribution in [3.63, 3.8) is 0 Å². The Balaban J connectivity index is 2.58. The number of nitrogens with two attached hydrogens (primary N) is 1. The Morgan fingerprint density at radius 3 is 2.53 bits per heavy atom. The summed E-state index contributed by atoms with van der Waals surface area (Å²) in [5.74, 6) is 0.885. The molecule has 0 spiro atoms. The molecule has 0 aliphatic heterocycles. The summed E-state index contributed by atoms with van der Waals surface area (Å²) in [5, 5.41) is 12.3. The van der Waals surface area contributed by atoms with Crippen molar-refractivity contribution in [2.24, 2.45) is 5.73 Å². The third-order valence-electron chi connectivity index (χ3n) is 3.11. The lowest BCUT2D eigenvalue weighted by molar-refractivity contribution is 0.274. The number of rotatable bonds is 9. The highest BCUT2D eigenvalue weighted by Gasteiger charge is 2.12. The summed E-state index contributed by atoms with van der Waals surface area (Å²) in [5.41, 5.74) is 7.00. The molecular weight excluding hydrogens is 240 g/mol. The van der Waals surface area contributed by atoms with Gasteiger partial charge in [0.15, 0.2) is 0 Å². The third kappa shape index (κ3) is 5.59. The predicted molar refractivity (Wildman–Crippen MR) is 78.3 cm³/mol. The molecule has 4 N–H and O–H groups in total. The van der Waals surface area contributed by atoms with Gasteiger partial charge >= 0.3 is 0 Å². The van der Waals surface area contributed by atoms with Crippen LogP contribution >= 0.6 is 0 Å². The molecule has 0 aliphatic carbocycles. The highest BCUT2D eigenvalue weighted by molar-refractivity contribution is 5.29. The van der Waals surface area contributed by atoms with E-state index in [2.05, 4.69) is 12.2 Å². The molecule has 108 valence electrons. The fourth-order valence-electron chi connectivity index (χ4n) is 2.09. The van der Waals surface area contributed by atoms with Crippen molar-refractivity contribution in [2.75, 3.05) is 19.8 Å². The van der Waals surface area contributed by atoms with Crippen LogP contribution in [0.1, 0.15) is 38.3 Å². The second-order valence-corrected chi connectivity index (χ2v) is 4.72. The topological polar surface area (TPSA) is 67.5 Å². The molecule has 2 unspecified atom stereocenters. The predicted octanol–water partition coefficient (Wildman–Crippen LogP) is 1.84. The Kier molecular flexibility index (Phi) is 7.48. The van der Waals surface area contributed by atoms with Crippen LogP contribution in [-0.4, -0.2) is 30.9 Å². The van der Waals surface area contributed by atoms with Crippen molar-refractivity contribution in [3.05, 3.63) is 29.8 Å². The normalized spacial score (nSPS) is 14.1. The van der Waals surface area contributed by atoms with Crippen LogP contribution < -0.4 is 15.8 Å². The molecule has 0 aromatic heterocycles. The standard InChI is InChI=1S/C15H26N2O2/c1-3-19-14-8-6-13(7-9-14)15(11-16)17-12(2)5-4-10-18/h6-9,12,15,17-18H,3-5,10-11,16H2,1-2H3. The maximum absolute atomic E-state index is 8.84. The first-order chi connectivity index (χ1) is 9.21. The largest absolute Gasteiger partial charge is 0.494 e. The van der Waals surface area contributed by atoms with E-state index in [1.807, 2.05) is 31.2 Å². The molecule has 4 nitrogen and oxygen atoms in total. The summed E-state index contributed by atoms with van der Waals surface area (Å²) in [6.45, 7) is 5.56. The maximum atomic E-state index is 8.84. The average Bonchev–Trinajstić information content (AvgIpc) is 2.44. The minimum absolute atomic E-state index is 0.143. The van der Waals surface area contributed by atoms with Crippen molar-refractivity contribution >= 4 is 0 Å². The second-order valence-electron chi connectivity index (χ2n) is 4.72. The Labute approximate surface area is 116 Å². The van der Waals surface area contributed by atoms with E-state index in [4.69, 9.17) is 15.6 Å². The van der Waals surface area contributed by atoms with Gasteiger partial charge in [-0.05, 0) is 44.4 Å². The van der Waals surface area contributed by atoms with Gasteiger partial charge in [0.25, 0.3) is 0 Å². The fraction of sp³-hybridized carbons (Fsp3) is 0.600. The fourth-order valence-corrected chi connectivity index (χ4v) is 2.09. The van der Waals surface area contributed by atoms with Gasteiger partial charge in [0.1, 0.15) is 5.75 Å². The van der Waals surface area contributed by atoms with Crippen LogP contribution in [0.2, 0.25) is 0 Å². The molecule has 1 rings (SSSR count). The first-order valence-corrected chi connectivity index (χ1v) is 7.01. The number of aliphatic hydroxyl groups is 1. The number of benzene rings is 1. The van der Waals surface area contributed by atoms with Crippen LogP contribution in [0.4, 0.5) is 0 Å². The number of hydrogen-bond acceptors (Lipinski definition) is 4. The van der Waals surface area contributed by atoms with Gasteiger partial charge in [-0.1, -0.05) is 12.1 Å². The lowest BCUT2D eigenvalue weighted by Crippen LogP contribution is -2.35. The van der Waals surface area contributed by atoms with E-state index in [1.54, 1.807) is 0 Å². The van der Waals surface area contributed by atoms with Crippen LogP contribution in [0.3, 0.4) is 0 Å². The van der Waals surface area contributed by atoms with Gasteiger partial charge in [0, 0.05) is 25.2 Å². The van der Waals surface area contributed by atoms with Gasteiger partial charge in [-0.15, -0.1) is 0 Å². The highest BCUT2D eigenvalue weighted by atomic mass is 16.5. The maximum Gasteiger partial charge on any atom is 0.119 e. The average molecular weight is 266 g/mol. The highest BCUT2D eigenvalue weighted by Crippen LogP contribution is 2.18. The number of nitrogens with one attached hydrogen (secondary N) is 1. The molecule has 19 heavy (non-hydrogen) atoms. The second kappa shape index (κ2) is 8.91. The molecule has 2 atom stereocenters. The van der Waals surface area contributed by atoms with Gasteiger partial charge in [0.05, 0.1) is 6.61 Å². The zero-order valence-corrected chi connectivity index (χ0v) is 11.9. The molecule has 1 aromatic rings. The third-order valence-corrected chi connectivity index (χ3v) is 3.11. The Hall–Kier alpha value is -1.10. The summed E-state index contributed by atoms with van der Waals surface area (Å²) in [4.78, 5) is 0. The number of aliphatic hydroxyl groups excluding tert-OH is 1. The van der Waals surface area contributed by atoms with E-state index < -0.39 is 0 Å². The van der Waals surface area contributed by atoms with Crippen LogP contribution in [0.15, 0.2) is 24.3 Å². The van der Waals surface area contributed by atoms with Crippen molar-refractivity contribution in [1.29, 1.82) is 0 Å². The number of ether oxygens (including phenoxy) is 1. The van der Waals surface area contributed by atoms with E-state index >= 15 is 0 Å². The Bertz CT molecular complexity index is 341. The molecule has 0 amide bonds. The van der Waals surface area contributed by atoms with E-state index in [9.17, 15) is 0 Å². The number of hydrogen-bond donors (Lipinski definition) is 3. The Morgan fingerprint density at radius 2 is 2.00 bits per heavy atom. The van der Waals surface area contributed by atoms with E-state index in [0.717, 1.165) is 18.6 Å². The smallest absolute Gasteiger partial charge is 0.119 e. The molecule has 0 fully saturated rings. The van der Waals surface area contributed by atoms with Crippen molar-refractivity contribution in [1.82, 2.24) is 5.32 Å². The molecule has 1 aromatic carbocycles. The van der Waals surface area contributed by atoms with Crippen molar-refractivity contribution in [3.8, 4) is 5.75 Å². The van der Waals surface area contributed by atoms with Crippen LogP contribution in [0.5, 0.6) is 5.75 Å². The summed E-state index contributed by atoms with van der Waals surface area (Å²) in [6.07, 6.45) is 1.76. The van der Waals surface area contributed by atoms with Crippen molar-refractivity contribution < 1.29 is 9.84 Å². The molecule has 0 aliphatic rings. The van der Waals surface area contributed by atoms with Crippen LogP contribution in [-0.2, 0) is 0 Å². The molecular formula is C15H26N2O2. The quantitative estimate of drug-likeness (QED) is 0.638. The van der Waals surface area contributed by atoms with Gasteiger partial charge in [0.2, 0.25) is 0 Å². The molecule has 4 heteroatoms. The molecule has 0 radical (unpaired) electrons. The van der Waals surface area contributed by atoms with Gasteiger partial charge < -0.3 is 20.9 Å². The summed E-state index contributed by atoms with van der Waals surface area (Å²) in [6, 6.07) is 8.53. The molecule has 0 bridgehead atoms. The van der Waals surface area contributed by atoms with Crippen molar-refractivity contribution in [2.45, 2.75) is 38.8 Å². The minimum Gasteiger partial charge on any atom is -0.494 e. The minimum atomic E-state index is 0.143. The van der Waals surface area contributed by atoms with Crippen LogP contribution in [0, 0.1) is 0 Å². The zero-order chi connectivity index (χ0) is 14.1. The molecule has 0 saturated carbocycles. The summed E-state index contributed by atoms with van der Waals surface area (Å²) < 4.78 is 5.43. The van der Waals surface area contributed by atoms with Gasteiger partial charge in [-0.2, -0.15) is 0 Å².